The number of rotatable bonds is 7. The molecule has 126 valence electrons. The molecule has 2 aromatic carbocycles. The van der Waals surface area contributed by atoms with E-state index in [1.807, 2.05) is 0 Å². The first kappa shape index (κ1) is 17.7. The fraction of sp³-hybridized carbons (Fsp3) is 0.263. The van der Waals surface area contributed by atoms with Crippen molar-refractivity contribution in [2.45, 2.75) is 26.7 Å². The van der Waals surface area contributed by atoms with E-state index in [0.717, 1.165) is 0 Å². The standard InChI is InChI=1S/C19H20FNO3/c1-13-12-16(20)7-10-18(13)21-19(23)4-3-11-24-17-8-5-15(6-9-17)14(2)22/h5-10,12H,3-4,11H2,1-2H3,(H,21,23). The van der Waals surface area contributed by atoms with Crippen LogP contribution >= 0.6 is 0 Å². The summed E-state index contributed by atoms with van der Waals surface area (Å²) in [5.41, 5.74) is 1.93. The second kappa shape index (κ2) is 8.24. The minimum Gasteiger partial charge on any atom is -0.494 e. The number of halogens is 1. The maximum atomic E-state index is 13.0. The molecule has 0 bridgehead atoms. The summed E-state index contributed by atoms with van der Waals surface area (Å²) in [7, 11) is 0. The molecular formula is C19H20FNO3. The van der Waals surface area contributed by atoms with E-state index in [1.54, 1.807) is 37.3 Å². The number of nitrogens with one attached hydrogen (secondary N) is 1. The predicted molar refractivity (Wildman–Crippen MR) is 90.9 cm³/mol. The third kappa shape index (κ3) is 5.19. The van der Waals surface area contributed by atoms with Crippen LogP contribution in [0.3, 0.4) is 0 Å². The highest BCUT2D eigenvalue weighted by molar-refractivity contribution is 5.94. The van der Waals surface area contributed by atoms with E-state index >= 15 is 0 Å². The van der Waals surface area contributed by atoms with Crippen molar-refractivity contribution in [3.63, 3.8) is 0 Å². The van der Waals surface area contributed by atoms with Crippen LogP contribution in [0.5, 0.6) is 5.75 Å². The van der Waals surface area contributed by atoms with Gasteiger partial charge in [-0.25, -0.2) is 4.39 Å². The highest BCUT2D eigenvalue weighted by Gasteiger charge is 2.06. The molecule has 2 aromatic rings. The summed E-state index contributed by atoms with van der Waals surface area (Å²) in [6.45, 7) is 3.65. The molecule has 1 N–H and O–H groups in total. The van der Waals surface area contributed by atoms with Crippen LogP contribution in [0.1, 0.15) is 35.7 Å². The number of aryl methyl sites for hydroxylation is 1. The summed E-state index contributed by atoms with van der Waals surface area (Å²) in [6.07, 6.45) is 0.864. The normalized spacial score (nSPS) is 10.3. The molecule has 0 aliphatic rings. The minimum absolute atomic E-state index is 0.00862. The Hall–Kier alpha value is -2.69. The van der Waals surface area contributed by atoms with Gasteiger partial charge in [0, 0.05) is 17.7 Å². The molecule has 0 radical (unpaired) electrons. The number of anilines is 1. The van der Waals surface area contributed by atoms with Crippen molar-refractivity contribution in [1.82, 2.24) is 0 Å². The van der Waals surface area contributed by atoms with E-state index in [2.05, 4.69) is 5.32 Å². The van der Waals surface area contributed by atoms with Crippen molar-refractivity contribution in [1.29, 1.82) is 0 Å². The lowest BCUT2D eigenvalue weighted by Gasteiger charge is -2.09. The first-order chi connectivity index (χ1) is 11.5. The largest absolute Gasteiger partial charge is 0.494 e. The van der Waals surface area contributed by atoms with Gasteiger partial charge < -0.3 is 10.1 Å². The van der Waals surface area contributed by atoms with Crippen LogP contribution < -0.4 is 10.1 Å². The molecule has 0 fully saturated rings. The fourth-order valence-corrected chi connectivity index (χ4v) is 2.19. The Morgan fingerprint density at radius 3 is 2.46 bits per heavy atom. The number of carbonyl (C=O) groups is 2. The molecule has 0 aromatic heterocycles. The molecule has 0 saturated heterocycles. The number of Topliss-reactive ketones (excluding diaryl/α,β-unsaturated/α-hetero) is 1. The predicted octanol–water partition coefficient (Wildman–Crippen LogP) is 4.13. The van der Waals surface area contributed by atoms with Gasteiger partial charge in [0.05, 0.1) is 6.61 Å². The van der Waals surface area contributed by atoms with E-state index < -0.39 is 0 Å². The van der Waals surface area contributed by atoms with Gasteiger partial charge in [0.1, 0.15) is 11.6 Å². The number of hydrogen-bond acceptors (Lipinski definition) is 3. The van der Waals surface area contributed by atoms with Crippen LogP contribution in [0, 0.1) is 12.7 Å². The van der Waals surface area contributed by atoms with E-state index in [0.29, 0.717) is 42.0 Å². The molecule has 1 amide bonds. The summed E-state index contributed by atoms with van der Waals surface area (Å²) in [5.74, 6) is 0.207. The number of ketones is 1. The van der Waals surface area contributed by atoms with Gasteiger partial charge in [-0.2, -0.15) is 0 Å². The van der Waals surface area contributed by atoms with Crippen molar-refractivity contribution in [2.24, 2.45) is 0 Å². The first-order valence-corrected chi connectivity index (χ1v) is 7.75. The zero-order chi connectivity index (χ0) is 17.5. The smallest absolute Gasteiger partial charge is 0.224 e. The Morgan fingerprint density at radius 1 is 1.12 bits per heavy atom. The number of carbonyl (C=O) groups excluding carboxylic acids is 2. The Labute approximate surface area is 140 Å². The molecule has 0 aliphatic carbocycles. The monoisotopic (exact) mass is 329 g/mol. The molecule has 2 rings (SSSR count). The average molecular weight is 329 g/mol. The number of hydrogen-bond donors (Lipinski definition) is 1. The number of ether oxygens (including phenoxy) is 1. The molecular weight excluding hydrogens is 309 g/mol. The fourth-order valence-electron chi connectivity index (χ4n) is 2.19. The number of amides is 1. The van der Waals surface area contributed by atoms with Crippen LogP contribution in [0.2, 0.25) is 0 Å². The minimum atomic E-state index is -0.324. The van der Waals surface area contributed by atoms with Crippen molar-refractivity contribution < 1.29 is 18.7 Å². The Bertz CT molecular complexity index is 726. The van der Waals surface area contributed by atoms with Crippen molar-refractivity contribution in [3.8, 4) is 5.75 Å². The lowest BCUT2D eigenvalue weighted by atomic mass is 10.1. The topological polar surface area (TPSA) is 55.4 Å². The lowest BCUT2D eigenvalue weighted by molar-refractivity contribution is -0.116. The molecule has 0 saturated carbocycles. The summed E-state index contributed by atoms with van der Waals surface area (Å²) >= 11 is 0. The van der Waals surface area contributed by atoms with Crippen LogP contribution in [-0.2, 0) is 4.79 Å². The highest BCUT2D eigenvalue weighted by atomic mass is 19.1. The lowest BCUT2D eigenvalue weighted by Crippen LogP contribution is -2.13. The van der Waals surface area contributed by atoms with Crippen LogP contribution in [0.4, 0.5) is 10.1 Å². The molecule has 0 spiro atoms. The molecule has 0 heterocycles. The third-order valence-corrected chi connectivity index (χ3v) is 3.54. The van der Waals surface area contributed by atoms with Gasteiger partial charge in [-0.3, -0.25) is 9.59 Å². The third-order valence-electron chi connectivity index (χ3n) is 3.54. The summed E-state index contributed by atoms with van der Waals surface area (Å²) in [6, 6.07) is 11.1. The number of benzene rings is 2. The SMILES string of the molecule is CC(=O)c1ccc(OCCCC(=O)Nc2ccc(F)cc2C)cc1. The van der Waals surface area contributed by atoms with Gasteiger partial charge in [-0.15, -0.1) is 0 Å². The quantitative estimate of drug-likeness (QED) is 0.614. The zero-order valence-corrected chi connectivity index (χ0v) is 13.8. The zero-order valence-electron chi connectivity index (χ0n) is 13.8. The van der Waals surface area contributed by atoms with Gasteiger partial charge in [0.15, 0.2) is 5.78 Å². The van der Waals surface area contributed by atoms with Crippen LogP contribution in [0.15, 0.2) is 42.5 Å². The van der Waals surface area contributed by atoms with Gasteiger partial charge in [0.25, 0.3) is 0 Å². The molecule has 5 heteroatoms. The molecule has 24 heavy (non-hydrogen) atoms. The van der Waals surface area contributed by atoms with E-state index in [9.17, 15) is 14.0 Å². The first-order valence-electron chi connectivity index (χ1n) is 7.75. The van der Waals surface area contributed by atoms with Gasteiger partial charge in [-0.1, -0.05) is 0 Å². The van der Waals surface area contributed by atoms with Crippen LogP contribution in [0.25, 0.3) is 0 Å². The van der Waals surface area contributed by atoms with Gasteiger partial charge >= 0.3 is 0 Å². The highest BCUT2D eigenvalue weighted by Crippen LogP contribution is 2.16. The molecule has 0 unspecified atom stereocenters. The van der Waals surface area contributed by atoms with Gasteiger partial charge in [0.2, 0.25) is 5.91 Å². The second-order valence-electron chi connectivity index (χ2n) is 5.54. The molecule has 0 aliphatic heterocycles. The summed E-state index contributed by atoms with van der Waals surface area (Å²) in [4.78, 5) is 23.1. The molecule has 4 nitrogen and oxygen atoms in total. The van der Waals surface area contributed by atoms with Crippen molar-refractivity contribution in [3.05, 3.63) is 59.4 Å². The van der Waals surface area contributed by atoms with Crippen LogP contribution in [-0.4, -0.2) is 18.3 Å². The Balaban J connectivity index is 1.73. The van der Waals surface area contributed by atoms with Crippen molar-refractivity contribution in [2.75, 3.05) is 11.9 Å². The summed E-state index contributed by atoms with van der Waals surface area (Å²) < 4.78 is 18.6. The van der Waals surface area contributed by atoms with E-state index in [1.165, 1.54) is 19.1 Å². The maximum Gasteiger partial charge on any atom is 0.224 e. The van der Waals surface area contributed by atoms with E-state index in [-0.39, 0.29) is 17.5 Å². The maximum absolute atomic E-state index is 13.0. The van der Waals surface area contributed by atoms with Gasteiger partial charge in [-0.05, 0) is 68.3 Å². The van der Waals surface area contributed by atoms with E-state index in [4.69, 9.17) is 4.74 Å². The Kier molecular flexibility index (Phi) is 6.07. The Morgan fingerprint density at radius 2 is 1.83 bits per heavy atom. The second-order valence-corrected chi connectivity index (χ2v) is 5.54. The van der Waals surface area contributed by atoms with Crippen molar-refractivity contribution >= 4 is 17.4 Å². The average Bonchev–Trinajstić information content (AvgIpc) is 2.55. The summed E-state index contributed by atoms with van der Waals surface area (Å²) in [5, 5.41) is 2.76. The molecule has 0 atom stereocenters.